The van der Waals surface area contributed by atoms with Gasteiger partial charge in [-0.15, -0.1) is 10.2 Å². The number of nitrogens with zero attached hydrogens (tertiary/aromatic N) is 2. The van der Waals surface area contributed by atoms with Gasteiger partial charge in [-0.2, -0.15) is 0 Å². The van der Waals surface area contributed by atoms with E-state index in [1.165, 1.54) is 25.8 Å². The molecule has 1 aliphatic heterocycles. The number of hydrogen-bond acceptors (Lipinski definition) is 5. The van der Waals surface area contributed by atoms with Crippen LogP contribution in [0.1, 0.15) is 24.3 Å². The summed E-state index contributed by atoms with van der Waals surface area (Å²) in [7, 11) is 0. The summed E-state index contributed by atoms with van der Waals surface area (Å²) < 4.78 is 0. The van der Waals surface area contributed by atoms with Crippen LogP contribution in [0.5, 0.6) is 0 Å². The van der Waals surface area contributed by atoms with Gasteiger partial charge < -0.3 is 10.6 Å². The lowest BCUT2D eigenvalue weighted by Crippen LogP contribution is -2.24. The zero-order chi connectivity index (χ0) is 9.80. The van der Waals surface area contributed by atoms with Crippen molar-refractivity contribution in [3.05, 3.63) is 5.01 Å². The predicted molar refractivity (Wildman–Crippen MR) is 58.8 cm³/mol. The second kappa shape index (κ2) is 4.70. The molecule has 0 aromatic carbocycles. The lowest BCUT2D eigenvalue weighted by molar-refractivity contribution is 0.574. The molecule has 1 aromatic heterocycles. The molecule has 78 valence electrons. The molecule has 14 heavy (non-hydrogen) atoms. The van der Waals surface area contributed by atoms with Crippen LogP contribution in [0.15, 0.2) is 0 Å². The number of aromatic nitrogens is 2. The van der Waals surface area contributed by atoms with Crippen LogP contribution in [0.4, 0.5) is 5.13 Å². The fraction of sp³-hybridized carbons (Fsp3) is 0.778. The van der Waals surface area contributed by atoms with E-state index < -0.39 is 0 Å². The molecule has 4 nitrogen and oxygen atoms in total. The Hall–Kier alpha value is -0.680. The molecule has 1 aliphatic rings. The standard InChI is InChI=1S/C9H16N4S/c1-7-12-13-9(14-7)11-6-4-8-3-2-5-10-8/h8,10H,2-6H2,1H3,(H,11,13)/t8-/m1/s1. The molecule has 1 aromatic rings. The second-order valence-corrected chi connectivity index (χ2v) is 4.82. The Morgan fingerprint density at radius 3 is 3.14 bits per heavy atom. The van der Waals surface area contributed by atoms with Gasteiger partial charge in [0, 0.05) is 12.6 Å². The Morgan fingerprint density at radius 1 is 1.57 bits per heavy atom. The van der Waals surface area contributed by atoms with Gasteiger partial charge in [0.05, 0.1) is 0 Å². The lowest BCUT2D eigenvalue weighted by Gasteiger charge is -2.09. The maximum atomic E-state index is 4.02. The smallest absolute Gasteiger partial charge is 0.205 e. The monoisotopic (exact) mass is 212 g/mol. The zero-order valence-corrected chi connectivity index (χ0v) is 9.23. The fourth-order valence-corrected chi connectivity index (χ4v) is 2.34. The highest BCUT2D eigenvalue weighted by molar-refractivity contribution is 7.15. The molecule has 0 amide bonds. The van der Waals surface area contributed by atoms with Crippen LogP contribution >= 0.6 is 11.3 Å². The van der Waals surface area contributed by atoms with E-state index in [4.69, 9.17) is 0 Å². The number of anilines is 1. The highest BCUT2D eigenvalue weighted by atomic mass is 32.1. The summed E-state index contributed by atoms with van der Waals surface area (Å²) >= 11 is 1.62. The quantitative estimate of drug-likeness (QED) is 0.792. The van der Waals surface area contributed by atoms with Gasteiger partial charge in [-0.1, -0.05) is 11.3 Å². The molecule has 0 unspecified atom stereocenters. The molecule has 0 bridgehead atoms. The van der Waals surface area contributed by atoms with Gasteiger partial charge in [-0.3, -0.25) is 0 Å². The third kappa shape index (κ3) is 2.65. The van der Waals surface area contributed by atoms with Crippen LogP contribution in [0.2, 0.25) is 0 Å². The molecule has 0 aliphatic carbocycles. The molecule has 2 heterocycles. The molecular weight excluding hydrogens is 196 g/mol. The Morgan fingerprint density at radius 2 is 2.50 bits per heavy atom. The van der Waals surface area contributed by atoms with Crippen LogP contribution in [0.3, 0.4) is 0 Å². The summed E-state index contributed by atoms with van der Waals surface area (Å²) in [6, 6.07) is 0.705. The van der Waals surface area contributed by atoms with Crippen LogP contribution in [-0.2, 0) is 0 Å². The van der Waals surface area contributed by atoms with Crippen molar-refractivity contribution in [3.63, 3.8) is 0 Å². The maximum absolute atomic E-state index is 4.02. The van der Waals surface area contributed by atoms with Crippen LogP contribution in [0, 0.1) is 6.92 Å². The van der Waals surface area contributed by atoms with Crippen molar-refractivity contribution in [2.45, 2.75) is 32.2 Å². The Bertz CT molecular complexity index is 280. The molecule has 1 atom stereocenters. The van der Waals surface area contributed by atoms with Gasteiger partial charge in [0.1, 0.15) is 5.01 Å². The fourth-order valence-electron chi connectivity index (χ4n) is 1.72. The molecule has 0 saturated carbocycles. The van der Waals surface area contributed by atoms with Crippen molar-refractivity contribution >= 4 is 16.5 Å². The van der Waals surface area contributed by atoms with Crippen molar-refractivity contribution in [2.75, 3.05) is 18.4 Å². The number of rotatable bonds is 4. The van der Waals surface area contributed by atoms with E-state index in [9.17, 15) is 0 Å². The molecule has 5 heteroatoms. The molecule has 0 radical (unpaired) electrons. The predicted octanol–water partition coefficient (Wildman–Crippen LogP) is 1.40. The van der Waals surface area contributed by atoms with Crippen LogP contribution in [-0.4, -0.2) is 29.3 Å². The van der Waals surface area contributed by atoms with Gasteiger partial charge in [0.25, 0.3) is 0 Å². The van der Waals surface area contributed by atoms with E-state index in [-0.39, 0.29) is 0 Å². The zero-order valence-electron chi connectivity index (χ0n) is 8.42. The molecule has 1 fully saturated rings. The third-order valence-electron chi connectivity index (χ3n) is 2.46. The topological polar surface area (TPSA) is 49.8 Å². The summed E-state index contributed by atoms with van der Waals surface area (Å²) in [6.07, 6.45) is 3.82. The highest BCUT2D eigenvalue weighted by Gasteiger charge is 2.13. The largest absolute Gasteiger partial charge is 0.360 e. The molecule has 2 N–H and O–H groups in total. The molecule has 1 saturated heterocycles. The minimum Gasteiger partial charge on any atom is -0.360 e. The van der Waals surface area contributed by atoms with Crippen LogP contribution in [0.25, 0.3) is 0 Å². The van der Waals surface area contributed by atoms with Crippen molar-refractivity contribution in [1.29, 1.82) is 0 Å². The van der Waals surface area contributed by atoms with E-state index >= 15 is 0 Å². The minimum atomic E-state index is 0.705. The number of aryl methyl sites for hydroxylation is 1. The van der Waals surface area contributed by atoms with Crippen molar-refractivity contribution in [2.24, 2.45) is 0 Å². The van der Waals surface area contributed by atoms with Gasteiger partial charge in [-0.25, -0.2) is 0 Å². The first-order chi connectivity index (χ1) is 6.84. The second-order valence-electron chi connectivity index (χ2n) is 3.63. The first-order valence-electron chi connectivity index (χ1n) is 5.12. The van der Waals surface area contributed by atoms with E-state index in [1.54, 1.807) is 11.3 Å². The van der Waals surface area contributed by atoms with Crippen molar-refractivity contribution < 1.29 is 0 Å². The van der Waals surface area contributed by atoms with E-state index in [1.807, 2.05) is 6.92 Å². The number of nitrogens with one attached hydrogen (secondary N) is 2. The summed E-state index contributed by atoms with van der Waals surface area (Å²) in [6.45, 7) is 4.15. The first kappa shape index (κ1) is 9.86. The molecule has 2 rings (SSSR count). The van der Waals surface area contributed by atoms with E-state index in [2.05, 4.69) is 20.8 Å². The van der Waals surface area contributed by atoms with Gasteiger partial charge in [0.15, 0.2) is 0 Å². The van der Waals surface area contributed by atoms with Gasteiger partial charge in [0.2, 0.25) is 5.13 Å². The summed E-state index contributed by atoms with van der Waals surface area (Å²) in [5.41, 5.74) is 0. The van der Waals surface area contributed by atoms with Gasteiger partial charge in [-0.05, 0) is 32.7 Å². The Kier molecular flexibility index (Phi) is 3.31. The average molecular weight is 212 g/mol. The molecular formula is C9H16N4S. The summed E-state index contributed by atoms with van der Waals surface area (Å²) in [5.74, 6) is 0. The normalized spacial score (nSPS) is 21.4. The van der Waals surface area contributed by atoms with Crippen molar-refractivity contribution in [3.8, 4) is 0 Å². The van der Waals surface area contributed by atoms with Crippen molar-refractivity contribution in [1.82, 2.24) is 15.5 Å². The average Bonchev–Trinajstić information content (AvgIpc) is 2.77. The Labute approximate surface area is 88.1 Å². The first-order valence-corrected chi connectivity index (χ1v) is 5.93. The Balaban J connectivity index is 1.67. The highest BCUT2D eigenvalue weighted by Crippen LogP contribution is 2.14. The number of hydrogen-bond donors (Lipinski definition) is 2. The lowest BCUT2D eigenvalue weighted by atomic mass is 10.2. The summed E-state index contributed by atoms with van der Waals surface area (Å²) in [4.78, 5) is 0. The minimum absolute atomic E-state index is 0.705. The van der Waals surface area contributed by atoms with E-state index in [0.29, 0.717) is 6.04 Å². The third-order valence-corrected chi connectivity index (χ3v) is 3.25. The SMILES string of the molecule is Cc1nnc(NCC[C@H]2CCCN2)s1. The van der Waals surface area contributed by atoms with Crippen LogP contribution < -0.4 is 10.6 Å². The summed E-state index contributed by atoms with van der Waals surface area (Å²) in [5, 5.41) is 16.7. The maximum Gasteiger partial charge on any atom is 0.205 e. The molecule has 0 spiro atoms. The van der Waals surface area contributed by atoms with E-state index in [0.717, 1.165) is 16.7 Å². The van der Waals surface area contributed by atoms with Gasteiger partial charge >= 0.3 is 0 Å².